The lowest BCUT2D eigenvalue weighted by molar-refractivity contribution is -0.00154. The lowest BCUT2D eigenvalue weighted by Gasteiger charge is -2.40. The molecule has 9 heteroatoms. The molecular formula is C17H24BFN2O5. The number of fused-ring (bicyclic) bond motifs is 2. The van der Waals surface area contributed by atoms with Gasteiger partial charge in [-0.2, -0.15) is 0 Å². The monoisotopic (exact) mass is 366 g/mol. The molecule has 7 nitrogen and oxygen atoms in total. The lowest BCUT2D eigenvalue weighted by Crippen LogP contribution is -2.56. The molecule has 2 aliphatic rings. The molecule has 0 aliphatic carbocycles. The summed E-state index contributed by atoms with van der Waals surface area (Å²) in [5, 5.41) is 18.5. The molecule has 0 radical (unpaired) electrons. The molecule has 1 fully saturated rings. The van der Waals surface area contributed by atoms with E-state index >= 15 is 0 Å². The van der Waals surface area contributed by atoms with Crippen molar-refractivity contribution in [1.29, 1.82) is 0 Å². The molecule has 0 bridgehead atoms. The van der Waals surface area contributed by atoms with Gasteiger partial charge in [0.2, 0.25) is 0 Å². The van der Waals surface area contributed by atoms with Gasteiger partial charge < -0.3 is 24.4 Å². The van der Waals surface area contributed by atoms with Gasteiger partial charge >= 0.3 is 13.2 Å². The third-order valence-electron chi connectivity index (χ3n) is 4.52. The zero-order chi connectivity index (χ0) is 19.1. The highest BCUT2D eigenvalue weighted by molar-refractivity contribution is 6.58. The first-order valence-electron chi connectivity index (χ1n) is 8.67. The normalized spacial score (nSPS) is 20.5. The van der Waals surface area contributed by atoms with Crippen LogP contribution in [0.15, 0.2) is 12.1 Å². The van der Waals surface area contributed by atoms with Crippen molar-refractivity contribution in [2.45, 2.75) is 39.0 Å². The van der Waals surface area contributed by atoms with Crippen LogP contribution in [0.25, 0.3) is 0 Å². The Bertz CT molecular complexity index is 694. The van der Waals surface area contributed by atoms with Crippen LogP contribution in [0.1, 0.15) is 26.3 Å². The van der Waals surface area contributed by atoms with E-state index in [0.717, 1.165) is 0 Å². The van der Waals surface area contributed by atoms with Crippen molar-refractivity contribution < 1.29 is 28.7 Å². The maximum Gasteiger partial charge on any atom is 0.491 e. The topological polar surface area (TPSA) is 82.5 Å². The Kier molecular flexibility index (Phi) is 5.14. The van der Waals surface area contributed by atoms with Gasteiger partial charge in [0.1, 0.15) is 23.8 Å². The molecular weight excluding hydrogens is 342 g/mol. The summed E-state index contributed by atoms with van der Waals surface area (Å²) in [4.78, 5) is 16.1. The van der Waals surface area contributed by atoms with Gasteiger partial charge in [-0.25, -0.2) is 9.18 Å². The van der Waals surface area contributed by atoms with Gasteiger partial charge in [-0.3, -0.25) is 4.90 Å². The van der Waals surface area contributed by atoms with Crippen LogP contribution < -0.4 is 10.2 Å². The van der Waals surface area contributed by atoms with E-state index < -0.39 is 18.5 Å². The largest absolute Gasteiger partial charge is 0.492 e. The SMILES string of the molecule is CC(C)(C)OC(=O)N1CCN2Cc3cc(F)c(B(O)O)cc3OCC2C1. The first-order valence-corrected chi connectivity index (χ1v) is 8.67. The summed E-state index contributed by atoms with van der Waals surface area (Å²) >= 11 is 0. The van der Waals surface area contributed by atoms with Crippen molar-refractivity contribution in [3.05, 3.63) is 23.5 Å². The number of ether oxygens (including phenoxy) is 2. The van der Waals surface area contributed by atoms with Crippen LogP contribution in [-0.2, 0) is 11.3 Å². The third-order valence-corrected chi connectivity index (χ3v) is 4.52. The first-order chi connectivity index (χ1) is 12.1. The maximum absolute atomic E-state index is 14.0. The fourth-order valence-electron chi connectivity index (χ4n) is 3.22. The van der Waals surface area contributed by atoms with Gasteiger partial charge in [-0.15, -0.1) is 0 Å². The van der Waals surface area contributed by atoms with Crippen molar-refractivity contribution in [3.63, 3.8) is 0 Å². The molecule has 2 heterocycles. The van der Waals surface area contributed by atoms with Crippen LogP contribution >= 0.6 is 0 Å². The van der Waals surface area contributed by atoms with Gasteiger partial charge in [0.05, 0.1) is 6.04 Å². The molecule has 2 N–H and O–H groups in total. The Hall–Kier alpha value is -1.84. The second-order valence-corrected chi connectivity index (χ2v) is 7.72. The third kappa shape index (κ3) is 4.11. The maximum atomic E-state index is 14.0. The number of halogens is 1. The van der Waals surface area contributed by atoms with Crippen LogP contribution in [-0.4, -0.2) is 70.9 Å². The zero-order valence-electron chi connectivity index (χ0n) is 15.2. The van der Waals surface area contributed by atoms with Crippen molar-refractivity contribution >= 4 is 18.7 Å². The minimum atomic E-state index is -1.89. The number of nitrogens with zero attached hydrogens (tertiary/aromatic N) is 2. The minimum absolute atomic E-state index is 0.0470. The molecule has 1 unspecified atom stereocenters. The Morgan fingerprint density at radius 1 is 1.35 bits per heavy atom. The molecule has 0 aromatic heterocycles. The van der Waals surface area contributed by atoms with Crippen molar-refractivity contribution in [2.24, 2.45) is 0 Å². The molecule has 1 saturated heterocycles. The van der Waals surface area contributed by atoms with Crippen molar-refractivity contribution in [3.8, 4) is 5.75 Å². The van der Waals surface area contributed by atoms with Gasteiger partial charge in [-0.05, 0) is 32.9 Å². The van der Waals surface area contributed by atoms with Crippen LogP contribution in [0.4, 0.5) is 9.18 Å². The lowest BCUT2D eigenvalue weighted by atomic mass is 9.79. The molecule has 1 aromatic rings. The highest BCUT2D eigenvalue weighted by Crippen LogP contribution is 2.27. The Labute approximate surface area is 152 Å². The quantitative estimate of drug-likeness (QED) is 0.697. The van der Waals surface area contributed by atoms with Gasteiger partial charge in [0.25, 0.3) is 0 Å². The summed E-state index contributed by atoms with van der Waals surface area (Å²) in [6, 6.07) is 2.57. The summed E-state index contributed by atoms with van der Waals surface area (Å²) in [5.74, 6) is -0.235. The minimum Gasteiger partial charge on any atom is -0.492 e. The summed E-state index contributed by atoms with van der Waals surface area (Å²) in [5.41, 5.74) is -0.108. The van der Waals surface area contributed by atoms with E-state index in [1.165, 1.54) is 12.1 Å². The second-order valence-electron chi connectivity index (χ2n) is 7.72. The number of hydrogen-bond donors (Lipinski definition) is 2. The molecule has 0 saturated carbocycles. The number of rotatable bonds is 1. The number of carbonyl (C=O) groups is 1. The number of piperazine rings is 1. The fourth-order valence-corrected chi connectivity index (χ4v) is 3.22. The smallest absolute Gasteiger partial charge is 0.491 e. The number of hydrogen-bond acceptors (Lipinski definition) is 6. The highest BCUT2D eigenvalue weighted by atomic mass is 19.1. The molecule has 0 spiro atoms. The zero-order valence-corrected chi connectivity index (χ0v) is 15.2. The number of amides is 1. The van der Waals surface area contributed by atoms with Gasteiger partial charge in [0.15, 0.2) is 0 Å². The van der Waals surface area contributed by atoms with Crippen LogP contribution in [0.2, 0.25) is 0 Å². The Morgan fingerprint density at radius 3 is 2.73 bits per heavy atom. The van der Waals surface area contributed by atoms with E-state index in [0.29, 0.717) is 44.1 Å². The highest BCUT2D eigenvalue weighted by Gasteiger charge is 2.35. The molecule has 1 atom stereocenters. The van der Waals surface area contributed by atoms with Crippen LogP contribution in [0.5, 0.6) is 5.75 Å². The summed E-state index contributed by atoms with van der Waals surface area (Å²) < 4.78 is 25.3. The fraction of sp³-hybridized carbons (Fsp3) is 0.588. The molecule has 142 valence electrons. The first kappa shape index (κ1) is 18.9. The van der Waals surface area contributed by atoms with Gasteiger partial charge in [0, 0.05) is 37.2 Å². The summed E-state index contributed by atoms with van der Waals surface area (Å²) in [6.07, 6.45) is -0.351. The molecule has 2 aliphatic heterocycles. The Morgan fingerprint density at radius 2 is 2.08 bits per heavy atom. The molecule has 26 heavy (non-hydrogen) atoms. The standard InChI is InChI=1S/C17H24BFN2O5/c1-17(2,3)26-16(22)21-5-4-20-8-11-6-14(19)13(18(23)24)7-15(11)25-10-12(20)9-21/h6-7,12,23-24H,4-5,8-10H2,1-3H3. The second kappa shape index (κ2) is 7.05. The van der Waals surface area contributed by atoms with E-state index in [9.17, 15) is 19.2 Å². The van der Waals surface area contributed by atoms with Crippen LogP contribution in [0, 0.1) is 5.82 Å². The predicted octanol–water partition coefficient (Wildman–Crippen LogP) is 0.319. The predicted molar refractivity (Wildman–Crippen MR) is 93.7 cm³/mol. The van der Waals surface area contributed by atoms with Crippen molar-refractivity contribution in [2.75, 3.05) is 26.2 Å². The van der Waals surface area contributed by atoms with Crippen LogP contribution in [0.3, 0.4) is 0 Å². The average Bonchev–Trinajstić information content (AvgIpc) is 2.70. The van der Waals surface area contributed by atoms with E-state index in [2.05, 4.69) is 4.90 Å². The number of carbonyl (C=O) groups excluding carboxylic acids is 1. The Balaban J connectivity index is 1.73. The van der Waals surface area contributed by atoms with Crippen molar-refractivity contribution in [1.82, 2.24) is 9.80 Å². The van der Waals surface area contributed by atoms with E-state index in [1.807, 2.05) is 20.8 Å². The number of benzene rings is 1. The molecule has 3 rings (SSSR count). The molecule has 1 aromatic carbocycles. The van der Waals surface area contributed by atoms with E-state index in [1.54, 1.807) is 4.90 Å². The van der Waals surface area contributed by atoms with Gasteiger partial charge in [-0.1, -0.05) is 0 Å². The summed E-state index contributed by atoms with van der Waals surface area (Å²) in [6.45, 7) is 7.88. The van der Waals surface area contributed by atoms with E-state index in [-0.39, 0.29) is 17.6 Å². The average molecular weight is 366 g/mol. The van der Waals surface area contributed by atoms with E-state index in [4.69, 9.17) is 9.47 Å². The molecule has 1 amide bonds. The summed E-state index contributed by atoms with van der Waals surface area (Å²) in [7, 11) is -1.89.